The average Bonchev–Trinajstić information content (AvgIpc) is 2.46. The molecule has 1 aliphatic rings. The second-order valence-electron chi connectivity index (χ2n) is 7.09. The lowest BCUT2D eigenvalue weighted by atomic mass is 9.85. The molecule has 1 aliphatic heterocycles. The highest BCUT2D eigenvalue weighted by atomic mass is 15.2. The molecule has 2 rings (SSSR count). The van der Waals surface area contributed by atoms with Crippen LogP contribution in [0.25, 0.3) is 0 Å². The number of rotatable bonds is 5. The van der Waals surface area contributed by atoms with E-state index in [1.165, 1.54) is 37.1 Å². The summed E-state index contributed by atoms with van der Waals surface area (Å²) in [5.74, 6) is 1.66. The molecular formula is C19H32N2. The minimum absolute atomic E-state index is 0.463. The Morgan fingerprint density at radius 1 is 1.19 bits per heavy atom. The Morgan fingerprint density at radius 2 is 1.86 bits per heavy atom. The molecule has 2 heteroatoms. The monoisotopic (exact) mass is 288 g/mol. The molecule has 0 spiro atoms. The fourth-order valence-electron chi connectivity index (χ4n) is 3.70. The Kier molecular flexibility index (Phi) is 5.83. The summed E-state index contributed by atoms with van der Waals surface area (Å²) >= 11 is 0. The van der Waals surface area contributed by atoms with E-state index in [1.54, 1.807) is 0 Å². The molecular weight excluding hydrogens is 256 g/mol. The number of hydrogen-bond donors (Lipinski definition) is 1. The summed E-state index contributed by atoms with van der Waals surface area (Å²) in [6.45, 7) is 11.8. The maximum atomic E-state index is 3.49. The second-order valence-corrected chi connectivity index (χ2v) is 7.09. The van der Waals surface area contributed by atoms with Gasteiger partial charge >= 0.3 is 0 Å². The van der Waals surface area contributed by atoms with Gasteiger partial charge in [0.2, 0.25) is 0 Å². The molecule has 1 fully saturated rings. The Labute approximate surface area is 130 Å². The molecule has 2 nitrogen and oxygen atoms in total. The molecule has 21 heavy (non-hydrogen) atoms. The largest absolute Gasteiger partial charge is 0.313 e. The lowest BCUT2D eigenvalue weighted by Gasteiger charge is -2.41. The van der Waals surface area contributed by atoms with Crippen molar-refractivity contribution in [2.75, 3.05) is 20.1 Å². The molecule has 0 bridgehead atoms. The Bertz CT molecular complexity index is 426. The van der Waals surface area contributed by atoms with Crippen LogP contribution in [-0.4, -0.2) is 31.1 Å². The Morgan fingerprint density at radius 3 is 2.48 bits per heavy atom. The number of likely N-dealkylation sites (tertiary alicyclic amines) is 1. The predicted octanol–water partition coefficient (Wildman–Crippen LogP) is 4.01. The average molecular weight is 288 g/mol. The fraction of sp³-hybridized carbons (Fsp3) is 0.684. The van der Waals surface area contributed by atoms with E-state index in [4.69, 9.17) is 0 Å². The summed E-state index contributed by atoms with van der Waals surface area (Å²) in [7, 11) is 2.08. The first-order valence-electron chi connectivity index (χ1n) is 8.49. The van der Waals surface area contributed by atoms with E-state index in [2.05, 4.69) is 69.2 Å². The van der Waals surface area contributed by atoms with E-state index in [9.17, 15) is 0 Å². The molecule has 0 amide bonds. The Balaban J connectivity index is 1.94. The number of nitrogens with zero attached hydrogens (tertiary/aromatic N) is 1. The number of benzene rings is 1. The van der Waals surface area contributed by atoms with Crippen LogP contribution in [0.15, 0.2) is 24.3 Å². The van der Waals surface area contributed by atoms with Gasteiger partial charge in [0.1, 0.15) is 0 Å². The van der Waals surface area contributed by atoms with Crippen LogP contribution < -0.4 is 5.32 Å². The molecule has 118 valence electrons. The standard InChI is InChI=1S/C19H32N2/c1-14-6-8-18(9-7-14)19(20-5)10-11-21-13-15(2)12-16(3)17(21)4/h6-9,15-17,19-20H,10-13H2,1-5H3. The van der Waals surface area contributed by atoms with E-state index in [-0.39, 0.29) is 0 Å². The molecule has 1 aromatic carbocycles. The number of hydrogen-bond acceptors (Lipinski definition) is 2. The van der Waals surface area contributed by atoms with Crippen molar-refractivity contribution in [1.29, 1.82) is 0 Å². The highest BCUT2D eigenvalue weighted by Crippen LogP contribution is 2.28. The first-order valence-corrected chi connectivity index (χ1v) is 8.49. The van der Waals surface area contributed by atoms with Crippen molar-refractivity contribution in [3.05, 3.63) is 35.4 Å². The summed E-state index contributed by atoms with van der Waals surface area (Å²) in [6, 6.07) is 10.1. The number of piperidine rings is 1. The van der Waals surface area contributed by atoms with Crippen molar-refractivity contribution in [2.45, 2.75) is 52.6 Å². The zero-order valence-corrected chi connectivity index (χ0v) is 14.4. The van der Waals surface area contributed by atoms with Crippen LogP contribution in [0.1, 0.15) is 50.8 Å². The van der Waals surface area contributed by atoms with Crippen LogP contribution in [-0.2, 0) is 0 Å². The van der Waals surface area contributed by atoms with Gasteiger partial charge in [-0.1, -0.05) is 43.7 Å². The highest BCUT2D eigenvalue weighted by Gasteiger charge is 2.28. The summed E-state index contributed by atoms with van der Waals surface area (Å²) in [6.07, 6.45) is 2.56. The van der Waals surface area contributed by atoms with E-state index in [0.717, 1.165) is 17.9 Å². The molecule has 0 saturated carbocycles. The van der Waals surface area contributed by atoms with Gasteiger partial charge in [-0.05, 0) is 51.1 Å². The van der Waals surface area contributed by atoms with E-state index >= 15 is 0 Å². The molecule has 4 unspecified atom stereocenters. The van der Waals surface area contributed by atoms with Crippen LogP contribution in [0.2, 0.25) is 0 Å². The van der Waals surface area contributed by atoms with Gasteiger partial charge in [0.25, 0.3) is 0 Å². The van der Waals surface area contributed by atoms with Crippen LogP contribution in [0.3, 0.4) is 0 Å². The first kappa shape index (κ1) is 16.5. The van der Waals surface area contributed by atoms with Gasteiger partial charge in [0, 0.05) is 25.2 Å². The third-order valence-electron chi connectivity index (χ3n) is 5.25. The second kappa shape index (κ2) is 7.42. The number of aryl methyl sites for hydroxylation is 1. The molecule has 0 aromatic heterocycles. The van der Waals surface area contributed by atoms with Gasteiger partial charge in [0.15, 0.2) is 0 Å². The van der Waals surface area contributed by atoms with Gasteiger partial charge in [-0.25, -0.2) is 0 Å². The fourth-order valence-corrected chi connectivity index (χ4v) is 3.70. The molecule has 1 N–H and O–H groups in total. The zero-order valence-electron chi connectivity index (χ0n) is 14.4. The highest BCUT2D eigenvalue weighted by molar-refractivity contribution is 5.24. The third kappa shape index (κ3) is 4.31. The van der Waals surface area contributed by atoms with Crippen molar-refractivity contribution < 1.29 is 0 Å². The Hall–Kier alpha value is -0.860. The lowest BCUT2D eigenvalue weighted by molar-refractivity contribution is 0.0760. The lowest BCUT2D eigenvalue weighted by Crippen LogP contribution is -2.46. The predicted molar refractivity (Wildman–Crippen MR) is 91.6 cm³/mol. The van der Waals surface area contributed by atoms with Gasteiger partial charge in [-0.3, -0.25) is 0 Å². The van der Waals surface area contributed by atoms with E-state index in [1.807, 2.05) is 0 Å². The van der Waals surface area contributed by atoms with Gasteiger partial charge in [0.05, 0.1) is 0 Å². The van der Waals surface area contributed by atoms with E-state index < -0.39 is 0 Å². The normalized spacial score (nSPS) is 28.5. The van der Waals surface area contributed by atoms with Crippen molar-refractivity contribution in [3.63, 3.8) is 0 Å². The summed E-state index contributed by atoms with van der Waals surface area (Å²) in [5, 5.41) is 3.49. The first-order chi connectivity index (χ1) is 10.0. The van der Waals surface area contributed by atoms with Crippen LogP contribution >= 0.6 is 0 Å². The van der Waals surface area contributed by atoms with Gasteiger partial charge in [-0.15, -0.1) is 0 Å². The van der Waals surface area contributed by atoms with Gasteiger partial charge in [-0.2, -0.15) is 0 Å². The molecule has 1 saturated heterocycles. The maximum Gasteiger partial charge on any atom is 0.0329 e. The number of nitrogens with one attached hydrogen (secondary N) is 1. The SMILES string of the molecule is CNC(CCN1CC(C)CC(C)C1C)c1ccc(C)cc1. The van der Waals surface area contributed by atoms with Gasteiger partial charge < -0.3 is 10.2 Å². The smallest absolute Gasteiger partial charge is 0.0329 e. The van der Waals surface area contributed by atoms with Crippen LogP contribution in [0.5, 0.6) is 0 Å². The van der Waals surface area contributed by atoms with Crippen molar-refractivity contribution in [2.24, 2.45) is 11.8 Å². The van der Waals surface area contributed by atoms with Crippen LogP contribution in [0, 0.1) is 18.8 Å². The topological polar surface area (TPSA) is 15.3 Å². The minimum atomic E-state index is 0.463. The summed E-state index contributed by atoms with van der Waals surface area (Å²) in [4.78, 5) is 2.69. The molecule has 1 aromatic rings. The molecule has 1 heterocycles. The van der Waals surface area contributed by atoms with Crippen molar-refractivity contribution in [1.82, 2.24) is 10.2 Å². The maximum absolute atomic E-state index is 3.49. The third-order valence-corrected chi connectivity index (χ3v) is 5.25. The summed E-state index contributed by atoms with van der Waals surface area (Å²) < 4.78 is 0. The quantitative estimate of drug-likeness (QED) is 0.880. The van der Waals surface area contributed by atoms with Crippen molar-refractivity contribution in [3.8, 4) is 0 Å². The zero-order chi connectivity index (χ0) is 15.4. The minimum Gasteiger partial charge on any atom is -0.313 e. The molecule has 0 radical (unpaired) electrons. The summed E-state index contributed by atoms with van der Waals surface area (Å²) in [5.41, 5.74) is 2.75. The molecule has 0 aliphatic carbocycles. The van der Waals surface area contributed by atoms with Crippen molar-refractivity contribution >= 4 is 0 Å². The van der Waals surface area contributed by atoms with Crippen LogP contribution in [0.4, 0.5) is 0 Å². The molecule has 4 atom stereocenters. The van der Waals surface area contributed by atoms with E-state index in [0.29, 0.717) is 6.04 Å².